The molecule has 2 aromatic rings. The van der Waals surface area contributed by atoms with Crippen LogP contribution in [-0.4, -0.2) is 17.4 Å². The van der Waals surface area contributed by atoms with E-state index in [1.54, 1.807) is 18.2 Å². The molecule has 2 N–H and O–H groups in total. The number of hydrogen-bond donors (Lipinski definition) is 2. The van der Waals surface area contributed by atoms with Crippen LogP contribution in [0.5, 0.6) is 0 Å². The Hall–Kier alpha value is -2.69. The van der Waals surface area contributed by atoms with Gasteiger partial charge in [-0.1, -0.05) is 6.07 Å². The largest absolute Gasteiger partial charge is 0.347 e. The van der Waals surface area contributed by atoms with Crippen LogP contribution >= 0.6 is 0 Å². The fraction of sp³-hybridized carbons (Fsp3) is 0.222. The number of benzene rings is 2. The highest BCUT2D eigenvalue weighted by atomic mass is 19.1. The third-order valence-corrected chi connectivity index (χ3v) is 2.98. The molecule has 0 unspecified atom stereocenters. The molecule has 120 valence electrons. The fourth-order valence-electron chi connectivity index (χ4n) is 1.95. The molecule has 2 amide bonds. The zero-order valence-corrected chi connectivity index (χ0v) is 13.3. The second-order valence-corrected chi connectivity index (χ2v) is 6.25. The van der Waals surface area contributed by atoms with Crippen molar-refractivity contribution >= 4 is 17.5 Å². The molecule has 2 aromatic carbocycles. The van der Waals surface area contributed by atoms with Gasteiger partial charge >= 0.3 is 0 Å². The van der Waals surface area contributed by atoms with Crippen LogP contribution in [0.15, 0.2) is 48.5 Å². The lowest BCUT2D eigenvalue weighted by Gasteiger charge is -2.20. The molecule has 0 aromatic heterocycles. The summed E-state index contributed by atoms with van der Waals surface area (Å²) in [7, 11) is 0. The van der Waals surface area contributed by atoms with Crippen LogP contribution in [0.1, 0.15) is 41.5 Å². The van der Waals surface area contributed by atoms with Gasteiger partial charge in [0, 0.05) is 22.4 Å². The first-order valence-corrected chi connectivity index (χ1v) is 7.24. The summed E-state index contributed by atoms with van der Waals surface area (Å²) in [6.07, 6.45) is 0. The third kappa shape index (κ3) is 4.92. The average molecular weight is 314 g/mol. The second-order valence-electron chi connectivity index (χ2n) is 6.25. The Labute approximate surface area is 134 Å². The van der Waals surface area contributed by atoms with Gasteiger partial charge in [0.05, 0.1) is 0 Å². The van der Waals surface area contributed by atoms with E-state index in [0.29, 0.717) is 16.8 Å². The molecule has 0 radical (unpaired) electrons. The van der Waals surface area contributed by atoms with Gasteiger partial charge in [-0.3, -0.25) is 9.59 Å². The van der Waals surface area contributed by atoms with Crippen molar-refractivity contribution in [2.24, 2.45) is 0 Å². The van der Waals surface area contributed by atoms with Gasteiger partial charge in [-0.25, -0.2) is 4.39 Å². The highest BCUT2D eigenvalue weighted by molar-refractivity contribution is 6.06. The lowest BCUT2D eigenvalue weighted by atomic mass is 10.1. The smallest absolute Gasteiger partial charge is 0.255 e. The molecule has 0 aliphatic rings. The van der Waals surface area contributed by atoms with Gasteiger partial charge in [0.1, 0.15) is 5.82 Å². The molecule has 0 heterocycles. The average Bonchev–Trinajstić information content (AvgIpc) is 2.48. The van der Waals surface area contributed by atoms with E-state index in [0.717, 1.165) is 0 Å². The van der Waals surface area contributed by atoms with Gasteiger partial charge in [-0.15, -0.1) is 0 Å². The van der Waals surface area contributed by atoms with Crippen molar-refractivity contribution in [2.45, 2.75) is 26.3 Å². The Morgan fingerprint density at radius 3 is 2.04 bits per heavy atom. The number of halogens is 1. The van der Waals surface area contributed by atoms with Crippen molar-refractivity contribution in [1.29, 1.82) is 0 Å². The van der Waals surface area contributed by atoms with E-state index < -0.39 is 0 Å². The normalized spacial score (nSPS) is 11.0. The number of nitrogens with one attached hydrogen (secondary N) is 2. The number of amides is 2. The summed E-state index contributed by atoms with van der Waals surface area (Å²) in [6, 6.07) is 11.9. The van der Waals surface area contributed by atoms with Gasteiger partial charge in [0.2, 0.25) is 0 Å². The van der Waals surface area contributed by atoms with Crippen molar-refractivity contribution in [3.63, 3.8) is 0 Å². The molecule has 0 fully saturated rings. The van der Waals surface area contributed by atoms with E-state index in [1.807, 2.05) is 20.8 Å². The fourth-order valence-corrected chi connectivity index (χ4v) is 1.95. The third-order valence-electron chi connectivity index (χ3n) is 2.98. The molecule has 5 heteroatoms. The maximum absolute atomic E-state index is 12.9. The van der Waals surface area contributed by atoms with Gasteiger partial charge in [0.25, 0.3) is 11.8 Å². The quantitative estimate of drug-likeness (QED) is 0.909. The van der Waals surface area contributed by atoms with Gasteiger partial charge in [-0.2, -0.15) is 0 Å². The SMILES string of the molecule is CC(C)(C)NC(=O)c1cccc(C(=O)Nc2ccc(F)cc2)c1. The van der Waals surface area contributed by atoms with Crippen LogP contribution in [0.4, 0.5) is 10.1 Å². The summed E-state index contributed by atoms with van der Waals surface area (Å²) >= 11 is 0. The molecular weight excluding hydrogens is 295 g/mol. The van der Waals surface area contributed by atoms with Crippen LogP contribution in [0, 0.1) is 5.82 Å². The van der Waals surface area contributed by atoms with Gasteiger partial charge in [-0.05, 0) is 63.2 Å². The predicted octanol–water partition coefficient (Wildman–Crippen LogP) is 3.61. The summed E-state index contributed by atoms with van der Waals surface area (Å²) in [6.45, 7) is 5.65. The maximum Gasteiger partial charge on any atom is 0.255 e. The van der Waals surface area contributed by atoms with Gasteiger partial charge in [0.15, 0.2) is 0 Å². The van der Waals surface area contributed by atoms with Crippen LogP contribution in [0.2, 0.25) is 0 Å². The summed E-state index contributed by atoms with van der Waals surface area (Å²) in [5.74, 6) is -0.972. The van der Waals surface area contributed by atoms with E-state index in [-0.39, 0.29) is 23.2 Å². The molecule has 0 saturated heterocycles. The summed E-state index contributed by atoms with van der Waals surface area (Å²) in [4.78, 5) is 24.4. The second kappa shape index (κ2) is 6.60. The Balaban J connectivity index is 2.14. The molecule has 0 spiro atoms. The highest BCUT2D eigenvalue weighted by Gasteiger charge is 2.16. The molecule has 0 bridgehead atoms. The van der Waals surface area contributed by atoms with E-state index in [1.165, 1.54) is 30.3 Å². The number of hydrogen-bond acceptors (Lipinski definition) is 2. The lowest BCUT2D eigenvalue weighted by molar-refractivity contribution is 0.0919. The minimum Gasteiger partial charge on any atom is -0.347 e. The monoisotopic (exact) mass is 314 g/mol. The molecule has 0 atom stereocenters. The molecular formula is C18H19FN2O2. The molecule has 0 aliphatic carbocycles. The van der Waals surface area contributed by atoms with Crippen molar-refractivity contribution in [3.05, 3.63) is 65.5 Å². The standard InChI is InChI=1S/C18H19FN2O2/c1-18(2,3)21-17(23)13-6-4-5-12(11-13)16(22)20-15-9-7-14(19)8-10-15/h4-11H,1-3H3,(H,20,22)(H,21,23). The van der Waals surface area contributed by atoms with E-state index in [4.69, 9.17) is 0 Å². The molecule has 4 nitrogen and oxygen atoms in total. The first kappa shape index (κ1) is 16.7. The lowest BCUT2D eigenvalue weighted by Crippen LogP contribution is -2.40. The topological polar surface area (TPSA) is 58.2 Å². The number of rotatable bonds is 3. The Morgan fingerprint density at radius 2 is 1.48 bits per heavy atom. The van der Waals surface area contributed by atoms with Crippen LogP contribution in [0.25, 0.3) is 0 Å². The van der Waals surface area contributed by atoms with Gasteiger partial charge < -0.3 is 10.6 Å². The van der Waals surface area contributed by atoms with E-state index in [9.17, 15) is 14.0 Å². The molecule has 0 saturated carbocycles. The van der Waals surface area contributed by atoms with Crippen LogP contribution in [-0.2, 0) is 0 Å². The summed E-state index contributed by atoms with van der Waals surface area (Å²) in [5.41, 5.74) is 0.896. The highest BCUT2D eigenvalue weighted by Crippen LogP contribution is 2.12. The molecule has 0 aliphatic heterocycles. The van der Waals surface area contributed by atoms with Crippen LogP contribution in [0.3, 0.4) is 0 Å². The summed E-state index contributed by atoms with van der Waals surface area (Å²) < 4.78 is 12.9. The van der Waals surface area contributed by atoms with Crippen molar-refractivity contribution in [1.82, 2.24) is 5.32 Å². The Kier molecular flexibility index (Phi) is 4.79. The number of carbonyl (C=O) groups excluding carboxylic acids is 2. The van der Waals surface area contributed by atoms with E-state index in [2.05, 4.69) is 10.6 Å². The predicted molar refractivity (Wildman–Crippen MR) is 88.0 cm³/mol. The Morgan fingerprint density at radius 1 is 0.913 bits per heavy atom. The summed E-state index contributed by atoms with van der Waals surface area (Å²) in [5, 5.41) is 5.51. The molecule has 23 heavy (non-hydrogen) atoms. The first-order valence-electron chi connectivity index (χ1n) is 7.24. The zero-order valence-electron chi connectivity index (χ0n) is 13.3. The van der Waals surface area contributed by atoms with Crippen molar-refractivity contribution < 1.29 is 14.0 Å². The molecule has 2 rings (SSSR count). The number of anilines is 1. The van der Waals surface area contributed by atoms with Crippen molar-refractivity contribution in [3.8, 4) is 0 Å². The first-order chi connectivity index (χ1) is 10.7. The minimum atomic E-state index is -0.371. The minimum absolute atomic E-state index is 0.242. The van der Waals surface area contributed by atoms with Crippen LogP contribution < -0.4 is 10.6 Å². The zero-order chi connectivity index (χ0) is 17.0. The van der Waals surface area contributed by atoms with E-state index >= 15 is 0 Å². The maximum atomic E-state index is 12.9. The Bertz CT molecular complexity index is 719. The number of carbonyl (C=O) groups is 2. The van der Waals surface area contributed by atoms with Crippen molar-refractivity contribution in [2.75, 3.05) is 5.32 Å².